The number of rotatable bonds is 6. The molecule has 1 saturated heterocycles. The topological polar surface area (TPSA) is 101 Å². The van der Waals surface area contributed by atoms with Crippen LogP contribution in [0.15, 0.2) is 42.5 Å². The van der Waals surface area contributed by atoms with E-state index in [0.717, 1.165) is 5.56 Å². The van der Waals surface area contributed by atoms with Crippen LogP contribution in [0.5, 0.6) is 0 Å². The van der Waals surface area contributed by atoms with Crippen LogP contribution < -0.4 is 10.2 Å². The van der Waals surface area contributed by atoms with Crippen LogP contribution in [-0.4, -0.2) is 54.5 Å². The molecule has 1 aromatic heterocycles. The van der Waals surface area contributed by atoms with Gasteiger partial charge in [0.05, 0.1) is 17.7 Å². The van der Waals surface area contributed by atoms with Crippen LogP contribution in [0.25, 0.3) is 0 Å². The van der Waals surface area contributed by atoms with Crippen molar-refractivity contribution in [2.24, 2.45) is 0 Å². The van der Waals surface area contributed by atoms with E-state index in [1.807, 2.05) is 35.2 Å². The van der Waals surface area contributed by atoms with Gasteiger partial charge >= 0.3 is 12.1 Å². The van der Waals surface area contributed by atoms with Gasteiger partial charge in [-0.3, -0.25) is 0 Å². The molecule has 2 atom stereocenters. The van der Waals surface area contributed by atoms with Gasteiger partial charge in [-0.15, -0.1) is 0 Å². The Morgan fingerprint density at radius 3 is 2.72 bits per heavy atom. The maximum Gasteiger partial charge on any atom is 0.407 e. The number of carboxylic acids is 1. The van der Waals surface area contributed by atoms with Crippen molar-refractivity contribution in [2.45, 2.75) is 32.1 Å². The molecule has 2 heterocycles. The standard InChI is InChI=1S/C21H25N3O5/c1-14-10-16(20(25)26)11-19(22-14)24-9-8-17(18(12-24)28-2)23-21(27)29-13-15-6-4-3-5-7-15/h3-7,10-11,17-18H,8-9,12-13H2,1-2H3,(H,23,27)(H,25,26). The van der Waals surface area contributed by atoms with Gasteiger partial charge in [0.15, 0.2) is 0 Å². The van der Waals surface area contributed by atoms with E-state index < -0.39 is 12.1 Å². The molecule has 3 rings (SSSR count). The van der Waals surface area contributed by atoms with Crippen molar-refractivity contribution >= 4 is 17.9 Å². The number of aromatic carboxylic acids is 1. The summed E-state index contributed by atoms with van der Waals surface area (Å²) < 4.78 is 10.9. The SMILES string of the molecule is COC1CN(c2cc(C(=O)O)cc(C)n2)CCC1NC(=O)OCc1ccccc1. The Labute approximate surface area is 169 Å². The molecular weight excluding hydrogens is 374 g/mol. The van der Waals surface area contributed by atoms with Gasteiger partial charge in [0.2, 0.25) is 0 Å². The second-order valence-electron chi connectivity index (χ2n) is 6.98. The molecule has 2 aromatic rings. The molecule has 29 heavy (non-hydrogen) atoms. The molecule has 154 valence electrons. The highest BCUT2D eigenvalue weighted by Gasteiger charge is 2.31. The second kappa shape index (κ2) is 9.38. The van der Waals surface area contributed by atoms with Gasteiger partial charge in [-0.25, -0.2) is 14.6 Å². The summed E-state index contributed by atoms with van der Waals surface area (Å²) in [7, 11) is 1.59. The van der Waals surface area contributed by atoms with E-state index in [9.17, 15) is 14.7 Å². The molecular formula is C21H25N3O5. The van der Waals surface area contributed by atoms with Gasteiger partial charge in [0.1, 0.15) is 12.4 Å². The molecule has 1 aliphatic heterocycles. The molecule has 0 radical (unpaired) electrons. The molecule has 1 aromatic carbocycles. The molecule has 8 heteroatoms. The Morgan fingerprint density at radius 1 is 1.28 bits per heavy atom. The van der Waals surface area contributed by atoms with Gasteiger partial charge < -0.3 is 24.8 Å². The van der Waals surface area contributed by atoms with E-state index in [0.29, 0.717) is 31.0 Å². The highest BCUT2D eigenvalue weighted by Crippen LogP contribution is 2.22. The Morgan fingerprint density at radius 2 is 2.03 bits per heavy atom. The predicted molar refractivity (Wildman–Crippen MR) is 107 cm³/mol. The number of hydrogen-bond acceptors (Lipinski definition) is 6. The second-order valence-corrected chi connectivity index (χ2v) is 6.98. The molecule has 8 nitrogen and oxygen atoms in total. The smallest absolute Gasteiger partial charge is 0.407 e. The Bertz CT molecular complexity index is 859. The Balaban J connectivity index is 1.59. The van der Waals surface area contributed by atoms with Crippen LogP contribution in [0, 0.1) is 6.92 Å². The number of amides is 1. The van der Waals surface area contributed by atoms with Gasteiger partial charge in [0.25, 0.3) is 0 Å². The highest BCUT2D eigenvalue weighted by atomic mass is 16.5. The van der Waals surface area contributed by atoms with Crippen LogP contribution in [0.2, 0.25) is 0 Å². The molecule has 2 unspecified atom stereocenters. The lowest BCUT2D eigenvalue weighted by atomic mass is 10.0. The van der Waals surface area contributed by atoms with Crippen LogP contribution in [-0.2, 0) is 16.1 Å². The molecule has 0 saturated carbocycles. The van der Waals surface area contributed by atoms with Gasteiger partial charge in [-0.2, -0.15) is 0 Å². The number of piperidine rings is 1. The fourth-order valence-corrected chi connectivity index (χ4v) is 3.38. The van der Waals surface area contributed by atoms with Crippen molar-refractivity contribution in [1.29, 1.82) is 0 Å². The van der Waals surface area contributed by atoms with Gasteiger partial charge in [0, 0.05) is 25.9 Å². The number of nitrogens with one attached hydrogen (secondary N) is 1. The van der Waals surface area contributed by atoms with Gasteiger partial charge in [-0.1, -0.05) is 30.3 Å². The molecule has 0 spiro atoms. The number of alkyl carbamates (subject to hydrolysis) is 1. The summed E-state index contributed by atoms with van der Waals surface area (Å²) in [6.07, 6.45) is -0.142. The summed E-state index contributed by atoms with van der Waals surface area (Å²) in [6, 6.07) is 12.4. The van der Waals surface area contributed by atoms with Gasteiger partial charge in [-0.05, 0) is 31.0 Å². The van der Waals surface area contributed by atoms with Crippen LogP contribution in [0.4, 0.5) is 10.6 Å². The van der Waals surface area contributed by atoms with Crippen molar-refractivity contribution in [2.75, 3.05) is 25.1 Å². The van der Waals surface area contributed by atoms with E-state index >= 15 is 0 Å². The Kier molecular flexibility index (Phi) is 6.66. The minimum atomic E-state index is -0.988. The third kappa shape index (κ3) is 5.45. The largest absolute Gasteiger partial charge is 0.478 e. The number of anilines is 1. The number of nitrogens with zero attached hydrogens (tertiary/aromatic N) is 2. The number of benzene rings is 1. The minimum Gasteiger partial charge on any atom is -0.478 e. The lowest BCUT2D eigenvalue weighted by molar-refractivity contribution is 0.0544. The lowest BCUT2D eigenvalue weighted by Crippen LogP contribution is -2.55. The number of ether oxygens (including phenoxy) is 2. The van der Waals surface area contributed by atoms with E-state index in [2.05, 4.69) is 10.3 Å². The van der Waals surface area contributed by atoms with E-state index in [1.54, 1.807) is 20.1 Å². The zero-order valence-electron chi connectivity index (χ0n) is 16.5. The van der Waals surface area contributed by atoms with E-state index in [4.69, 9.17) is 9.47 Å². The first-order valence-corrected chi connectivity index (χ1v) is 9.43. The van der Waals surface area contributed by atoms with E-state index in [-0.39, 0.29) is 24.3 Å². The average molecular weight is 399 g/mol. The maximum atomic E-state index is 12.2. The summed E-state index contributed by atoms with van der Waals surface area (Å²) >= 11 is 0. The van der Waals surface area contributed by atoms with Crippen LogP contribution >= 0.6 is 0 Å². The van der Waals surface area contributed by atoms with Crippen molar-refractivity contribution in [3.05, 3.63) is 59.3 Å². The third-order valence-corrected chi connectivity index (χ3v) is 4.89. The predicted octanol–water partition coefficient (Wildman–Crippen LogP) is 2.61. The normalized spacial score (nSPS) is 18.9. The molecule has 2 N–H and O–H groups in total. The average Bonchev–Trinajstić information content (AvgIpc) is 2.72. The first-order chi connectivity index (χ1) is 14.0. The van der Waals surface area contributed by atoms with Crippen molar-refractivity contribution < 1.29 is 24.2 Å². The summed E-state index contributed by atoms with van der Waals surface area (Å²) in [5, 5.41) is 12.1. The molecule has 0 aliphatic carbocycles. The number of hydrogen-bond donors (Lipinski definition) is 2. The molecule has 1 aliphatic rings. The van der Waals surface area contributed by atoms with Crippen molar-refractivity contribution in [3.63, 3.8) is 0 Å². The summed E-state index contributed by atoms with van der Waals surface area (Å²) in [5.74, 6) is -0.396. The number of carbonyl (C=O) groups is 2. The van der Waals surface area contributed by atoms with E-state index in [1.165, 1.54) is 6.07 Å². The summed E-state index contributed by atoms with van der Waals surface area (Å²) in [6.45, 7) is 3.06. The number of carbonyl (C=O) groups excluding carboxylic acids is 1. The first-order valence-electron chi connectivity index (χ1n) is 9.43. The fraction of sp³-hybridized carbons (Fsp3) is 0.381. The molecule has 1 fully saturated rings. The number of methoxy groups -OCH3 is 1. The number of aromatic nitrogens is 1. The number of pyridine rings is 1. The zero-order valence-corrected chi connectivity index (χ0v) is 16.5. The lowest BCUT2D eigenvalue weighted by Gasteiger charge is -2.38. The number of aryl methyl sites for hydroxylation is 1. The zero-order chi connectivity index (χ0) is 20.8. The third-order valence-electron chi connectivity index (χ3n) is 4.89. The van der Waals surface area contributed by atoms with Crippen LogP contribution in [0.3, 0.4) is 0 Å². The van der Waals surface area contributed by atoms with Crippen LogP contribution in [0.1, 0.15) is 28.0 Å². The monoisotopic (exact) mass is 399 g/mol. The maximum absolute atomic E-state index is 12.2. The van der Waals surface area contributed by atoms with Crippen molar-refractivity contribution in [1.82, 2.24) is 10.3 Å². The summed E-state index contributed by atoms with van der Waals surface area (Å²) in [4.78, 5) is 29.9. The molecule has 1 amide bonds. The molecule has 0 bridgehead atoms. The first kappa shape index (κ1) is 20.6. The minimum absolute atomic E-state index is 0.200. The quantitative estimate of drug-likeness (QED) is 0.770. The highest BCUT2D eigenvalue weighted by molar-refractivity contribution is 5.88. The summed E-state index contributed by atoms with van der Waals surface area (Å²) in [5.41, 5.74) is 1.75. The fourth-order valence-electron chi connectivity index (χ4n) is 3.38. The number of carboxylic acid groups (broad SMARTS) is 1. The Hall–Kier alpha value is -3.13. The van der Waals surface area contributed by atoms with Crippen molar-refractivity contribution in [3.8, 4) is 0 Å².